The lowest BCUT2D eigenvalue weighted by molar-refractivity contribution is 0.370. The van der Waals surface area contributed by atoms with Crippen molar-refractivity contribution in [2.75, 3.05) is 0 Å². The highest BCUT2D eigenvalue weighted by molar-refractivity contribution is 6.10. The van der Waals surface area contributed by atoms with Crippen LogP contribution >= 0.6 is 0 Å². The van der Waals surface area contributed by atoms with E-state index in [2.05, 4.69) is 188 Å². The molecule has 3 saturated carbocycles. The SMILES string of the molecule is C=C/C(=C(\C=C)C1CCC1)C(C)CC.Cc1cc2c3cc(C(C)(C)c4ccccc4C)c(C4CCC4)cc3n(-c3ccc(C(=C4CCC4)c4ccccc4)cc3)c2cc1C.Cc1ccccc1. The number of aryl methyl sites for hydroxylation is 4. The number of hydrogen-bond acceptors (Lipinski definition) is 0. The summed E-state index contributed by atoms with van der Waals surface area (Å²) in [6.45, 7) is 26.1. The van der Waals surface area contributed by atoms with Crippen molar-refractivity contribution in [1.29, 1.82) is 0 Å². The normalized spacial score (nSPS) is 15.7. The molecule has 1 heteroatoms. The van der Waals surface area contributed by atoms with Crippen LogP contribution in [-0.2, 0) is 5.41 Å². The van der Waals surface area contributed by atoms with Gasteiger partial charge in [0.15, 0.2) is 0 Å². The first kappa shape index (κ1) is 47.6. The molecule has 0 N–H and O–H groups in total. The van der Waals surface area contributed by atoms with E-state index < -0.39 is 0 Å². The van der Waals surface area contributed by atoms with E-state index >= 15 is 0 Å². The van der Waals surface area contributed by atoms with Crippen LogP contribution in [0.5, 0.6) is 0 Å². The second kappa shape index (κ2) is 20.9. The summed E-state index contributed by atoms with van der Waals surface area (Å²) < 4.78 is 2.55. The molecule has 7 aromatic rings. The van der Waals surface area contributed by atoms with E-state index in [-0.39, 0.29) is 5.41 Å². The molecule has 3 fully saturated rings. The predicted molar refractivity (Wildman–Crippen MR) is 292 cm³/mol. The molecule has 3 aliphatic rings. The summed E-state index contributed by atoms with van der Waals surface area (Å²) in [6, 6.07) is 49.7. The molecule has 1 atom stereocenters. The average Bonchev–Trinajstić information content (AvgIpc) is 3.58. The lowest BCUT2D eigenvalue weighted by atomic mass is 9.69. The van der Waals surface area contributed by atoms with Gasteiger partial charge in [-0.2, -0.15) is 0 Å². The fraction of sp³-hybridized carbons (Fsp3) is 0.333. The summed E-state index contributed by atoms with van der Waals surface area (Å²) in [5, 5.41) is 2.72. The molecule has 1 aromatic heterocycles. The van der Waals surface area contributed by atoms with Gasteiger partial charge in [0.25, 0.3) is 0 Å². The summed E-state index contributed by atoms with van der Waals surface area (Å²) in [4.78, 5) is 0. The molecule has 6 aromatic carbocycles. The zero-order valence-corrected chi connectivity index (χ0v) is 42.0. The third-order valence-electron chi connectivity index (χ3n) is 15.8. The maximum absolute atomic E-state index is 3.94. The van der Waals surface area contributed by atoms with Crippen molar-refractivity contribution >= 4 is 27.4 Å². The van der Waals surface area contributed by atoms with Gasteiger partial charge in [-0.15, -0.1) is 0 Å². The van der Waals surface area contributed by atoms with E-state index in [0.29, 0.717) is 11.8 Å². The predicted octanol–water partition coefficient (Wildman–Crippen LogP) is 18.8. The molecule has 10 rings (SSSR count). The molecule has 1 heterocycles. The van der Waals surface area contributed by atoms with Gasteiger partial charge in [0.05, 0.1) is 11.0 Å². The van der Waals surface area contributed by atoms with Gasteiger partial charge >= 0.3 is 0 Å². The number of aromatic nitrogens is 1. The Morgan fingerprint density at radius 3 is 1.73 bits per heavy atom. The smallest absolute Gasteiger partial charge is 0.0544 e. The molecule has 3 aliphatic carbocycles. The van der Waals surface area contributed by atoms with Gasteiger partial charge in [0.1, 0.15) is 0 Å². The van der Waals surface area contributed by atoms with Crippen LogP contribution < -0.4 is 0 Å². The fourth-order valence-corrected chi connectivity index (χ4v) is 10.8. The van der Waals surface area contributed by atoms with Crippen LogP contribution in [0.15, 0.2) is 175 Å². The minimum absolute atomic E-state index is 0.0941. The second-order valence-corrected chi connectivity index (χ2v) is 20.5. The summed E-state index contributed by atoms with van der Waals surface area (Å²) >= 11 is 0. The lowest BCUT2D eigenvalue weighted by Gasteiger charge is -2.35. The third-order valence-corrected chi connectivity index (χ3v) is 15.8. The number of hydrogen-bond donors (Lipinski definition) is 0. The van der Waals surface area contributed by atoms with E-state index in [1.807, 2.05) is 30.4 Å². The quantitative estimate of drug-likeness (QED) is 0.114. The monoisotopic (exact) mass is 882 g/mol. The molecule has 0 amide bonds. The van der Waals surface area contributed by atoms with Crippen molar-refractivity contribution in [3.8, 4) is 5.69 Å². The van der Waals surface area contributed by atoms with Gasteiger partial charge in [0, 0.05) is 21.9 Å². The summed E-state index contributed by atoms with van der Waals surface area (Å²) in [6.07, 6.45) is 17.0. The fourth-order valence-electron chi connectivity index (χ4n) is 10.8. The largest absolute Gasteiger partial charge is 0.309 e. The molecule has 0 bridgehead atoms. The number of rotatable bonds is 11. The van der Waals surface area contributed by atoms with Crippen molar-refractivity contribution in [3.63, 3.8) is 0 Å². The minimum atomic E-state index is -0.0941. The first-order chi connectivity index (χ1) is 32.4. The van der Waals surface area contributed by atoms with Gasteiger partial charge in [-0.25, -0.2) is 0 Å². The van der Waals surface area contributed by atoms with Crippen LogP contribution in [0.2, 0.25) is 0 Å². The zero-order chi connectivity index (χ0) is 47.2. The lowest BCUT2D eigenvalue weighted by Crippen LogP contribution is -2.24. The molecular formula is C66H75N. The standard InChI is InChI=1S/C45H45N.C14H22.C7H8/c1-29-13-9-10-20-40(29)45(4,5)41-27-39-38-25-30(2)31(3)26-42(38)46(43(39)28-37(41)32-16-11-17-32)36-23-21-35(22-24-36)44(34-18-12-19-34)33-14-7-6-8-15-33;1-5-11(4)13(6-2)14(7-3)12-9-8-10-12;1-7-5-3-2-4-6-7/h6-10,13-15,20-28,32H,11-12,16-19H2,1-5H3;6-7,11-12H,2-3,5,8-10H2,1,4H3;2-6H,1H3/b;14-13-;. The van der Waals surface area contributed by atoms with Gasteiger partial charge in [0.2, 0.25) is 0 Å². The average molecular weight is 882 g/mol. The van der Waals surface area contributed by atoms with Crippen LogP contribution in [0.1, 0.15) is 148 Å². The Bertz CT molecular complexity index is 2880. The first-order valence-electron chi connectivity index (χ1n) is 25.5. The van der Waals surface area contributed by atoms with E-state index in [1.165, 1.54) is 153 Å². The molecule has 67 heavy (non-hydrogen) atoms. The van der Waals surface area contributed by atoms with Crippen molar-refractivity contribution < 1.29 is 0 Å². The molecule has 0 aliphatic heterocycles. The Balaban J connectivity index is 0.000000239. The minimum Gasteiger partial charge on any atom is -0.309 e. The highest BCUT2D eigenvalue weighted by Crippen LogP contribution is 2.48. The highest BCUT2D eigenvalue weighted by Gasteiger charge is 2.33. The van der Waals surface area contributed by atoms with Crippen LogP contribution in [0.3, 0.4) is 0 Å². The molecule has 0 spiro atoms. The summed E-state index contributed by atoms with van der Waals surface area (Å²) in [7, 11) is 0. The summed E-state index contributed by atoms with van der Waals surface area (Å²) in [5.74, 6) is 2.03. The van der Waals surface area contributed by atoms with Crippen LogP contribution in [0.4, 0.5) is 0 Å². The maximum Gasteiger partial charge on any atom is 0.0544 e. The van der Waals surface area contributed by atoms with Crippen molar-refractivity contribution in [2.45, 2.75) is 131 Å². The number of fused-ring (bicyclic) bond motifs is 3. The molecule has 0 saturated heterocycles. The molecule has 344 valence electrons. The highest BCUT2D eigenvalue weighted by atomic mass is 15.0. The molecular weight excluding hydrogens is 807 g/mol. The zero-order valence-electron chi connectivity index (χ0n) is 42.0. The Kier molecular flexibility index (Phi) is 14.9. The summed E-state index contributed by atoms with van der Waals surface area (Å²) in [5.41, 5.74) is 22.2. The van der Waals surface area contributed by atoms with E-state index in [0.717, 1.165) is 5.92 Å². The first-order valence-corrected chi connectivity index (χ1v) is 25.5. The Labute approximate surface area is 404 Å². The topological polar surface area (TPSA) is 4.93 Å². The Morgan fingerprint density at radius 1 is 0.627 bits per heavy atom. The molecule has 1 unspecified atom stereocenters. The molecule has 1 nitrogen and oxygen atoms in total. The third kappa shape index (κ3) is 9.90. The number of allylic oxidation sites excluding steroid dienone is 5. The Morgan fingerprint density at radius 2 is 1.21 bits per heavy atom. The maximum atomic E-state index is 3.94. The van der Waals surface area contributed by atoms with E-state index in [9.17, 15) is 0 Å². The van der Waals surface area contributed by atoms with Crippen LogP contribution in [0, 0.1) is 39.5 Å². The van der Waals surface area contributed by atoms with E-state index in [4.69, 9.17) is 0 Å². The van der Waals surface area contributed by atoms with Crippen molar-refractivity contribution in [2.24, 2.45) is 11.8 Å². The number of benzene rings is 6. The van der Waals surface area contributed by atoms with Gasteiger partial charge in [-0.05, 0) is 194 Å². The van der Waals surface area contributed by atoms with Gasteiger partial charge in [-0.1, -0.05) is 174 Å². The van der Waals surface area contributed by atoms with Gasteiger partial charge in [-0.3, -0.25) is 0 Å². The van der Waals surface area contributed by atoms with E-state index in [1.54, 1.807) is 11.1 Å². The van der Waals surface area contributed by atoms with Gasteiger partial charge < -0.3 is 4.57 Å². The second-order valence-electron chi connectivity index (χ2n) is 20.5. The molecule has 0 radical (unpaired) electrons. The Hall–Kier alpha value is -5.92. The van der Waals surface area contributed by atoms with Crippen LogP contribution in [0.25, 0.3) is 33.1 Å². The van der Waals surface area contributed by atoms with Crippen molar-refractivity contribution in [3.05, 3.63) is 226 Å². The van der Waals surface area contributed by atoms with Crippen LogP contribution in [-0.4, -0.2) is 4.57 Å². The number of nitrogens with zero attached hydrogens (tertiary/aromatic N) is 1. The van der Waals surface area contributed by atoms with Crippen molar-refractivity contribution in [1.82, 2.24) is 4.57 Å².